The van der Waals surface area contributed by atoms with E-state index in [1.165, 1.54) is 11.3 Å². The number of hydrogen-bond acceptors (Lipinski definition) is 6. The Morgan fingerprint density at radius 1 is 1.04 bits per heavy atom. The lowest BCUT2D eigenvalue weighted by molar-refractivity contribution is -0.148. The zero-order valence-electron chi connectivity index (χ0n) is 28.3. The van der Waals surface area contributed by atoms with Gasteiger partial charge in [-0.25, -0.2) is 0 Å². The highest BCUT2D eigenvalue weighted by Gasteiger charge is 2.69. The number of likely N-dealkylation sites (tertiary alicyclic amines) is 1. The van der Waals surface area contributed by atoms with Crippen LogP contribution in [-0.4, -0.2) is 52.4 Å². The van der Waals surface area contributed by atoms with Crippen molar-refractivity contribution in [2.24, 2.45) is 45.7 Å². The number of terminal acetylenes is 1. The quantitative estimate of drug-likeness (QED) is 0.136. The maximum absolute atomic E-state index is 14.5. The molecular formula is C38H52N2O5S. The fourth-order valence-corrected chi connectivity index (χ4v) is 9.35. The van der Waals surface area contributed by atoms with Gasteiger partial charge >= 0.3 is 0 Å². The molecule has 250 valence electrons. The molecule has 7 nitrogen and oxygen atoms in total. The van der Waals surface area contributed by atoms with Crippen LogP contribution in [0, 0.1) is 52.3 Å². The molecule has 0 aromatic heterocycles. The van der Waals surface area contributed by atoms with Crippen molar-refractivity contribution < 1.29 is 24.0 Å². The molecule has 2 unspecified atom stereocenters. The van der Waals surface area contributed by atoms with Crippen LogP contribution >= 0.6 is 11.8 Å². The maximum Gasteiger partial charge on any atom is 0.285 e. The normalized spacial score (nSPS) is 24.3. The van der Waals surface area contributed by atoms with E-state index < -0.39 is 35.0 Å². The van der Waals surface area contributed by atoms with Crippen molar-refractivity contribution in [1.29, 1.82) is 0 Å². The fraction of sp³-hybridized carbons (Fsp3) is 0.658. The Kier molecular flexibility index (Phi) is 11.3. The second kappa shape index (κ2) is 14.5. The van der Waals surface area contributed by atoms with Gasteiger partial charge in [0.15, 0.2) is 5.78 Å². The van der Waals surface area contributed by atoms with E-state index >= 15 is 0 Å². The number of carbonyl (C=O) groups excluding carboxylic acids is 5. The molecule has 2 saturated carbocycles. The molecule has 1 aromatic carbocycles. The third-order valence-electron chi connectivity index (χ3n) is 11.1. The Labute approximate surface area is 279 Å². The molecule has 4 rings (SSSR count). The summed E-state index contributed by atoms with van der Waals surface area (Å²) < 4.78 is 0. The van der Waals surface area contributed by atoms with E-state index in [1.54, 1.807) is 4.90 Å². The summed E-state index contributed by atoms with van der Waals surface area (Å²) >= 11 is 1.81. The lowest BCUT2D eigenvalue weighted by atomic mass is 9.70. The molecule has 1 heterocycles. The summed E-state index contributed by atoms with van der Waals surface area (Å²) in [5.74, 6) is -0.168. The van der Waals surface area contributed by atoms with Gasteiger partial charge in [0.1, 0.15) is 5.78 Å². The number of amides is 2. The number of benzene rings is 1. The van der Waals surface area contributed by atoms with Crippen molar-refractivity contribution in [1.82, 2.24) is 4.90 Å². The van der Waals surface area contributed by atoms with Gasteiger partial charge in [0, 0.05) is 54.7 Å². The highest BCUT2D eigenvalue weighted by molar-refractivity contribution is 7.99. The Balaban J connectivity index is 1.52. The van der Waals surface area contributed by atoms with Crippen LogP contribution in [0.1, 0.15) is 98.8 Å². The molecule has 2 amide bonds. The van der Waals surface area contributed by atoms with Crippen LogP contribution in [0.5, 0.6) is 0 Å². The van der Waals surface area contributed by atoms with Gasteiger partial charge in [0.05, 0.1) is 6.04 Å². The lowest BCUT2D eigenvalue weighted by Gasteiger charge is -2.39. The van der Waals surface area contributed by atoms with Crippen LogP contribution in [0.3, 0.4) is 0 Å². The third kappa shape index (κ3) is 8.13. The van der Waals surface area contributed by atoms with E-state index in [1.807, 2.05) is 50.7 Å². The smallest absolute Gasteiger partial charge is 0.285 e. The largest absolute Gasteiger partial charge is 0.363 e. The molecular weight excluding hydrogens is 596 g/mol. The van der Waals surface area contributed by atoms with E-state index in [0.717, 1.165) is 31.4 Å². The molecule has 8 heteroatoms. The highest BCUT2D eigenvalue weighted by Crippen LogP contribution is 2.65. The van der Waals surface area contributed by atoms with Crippen LogP contribution in [0.4, 0.5) is 0 Å². The topological polar surface area (TPSA) is 115 Å². The molecule has 1 saturated heterocycles. The Hall–Kier alpha value is -2.92. The van der Waals surface area contributed by atoms with Crippen molar-refractivity contribution in [2.45, 2.75) is 110 Å². The van der Waals surface area contributed by atoms with E-state index in [-0.39, 0.29) is 65.8 Å². The van der Waals surface area contributed by atoms with Crippen molar-refractivity contribution in [3.8, 4) is 12.3 Å². The molecule has 5 atom stereocenters. The summed E-state index contributed by atoms with van der Waals surface area (Å²) in [6.07, 6.45) is 11.7. The first kappa shape index (κ1) is 35.9. The highest BCUT2D eigenvalue weighted by atomic mass is 32.2. The first-order chi connectivity index (χ1) is 21.6. The van der Waals surface area contributed by atoms with Gasteiger partial charge in [-0.2, -0.15) is 0 Å². The van der Waals surface area contributed by atoms with Crippen LogP contribution in [0.25, 0.3) is 0 Å². The Morgan fingerprint density at radius 3 is 2.28 bits per heavy atom. The number of piperidine rings is 1. The van der Waals surface area contributed by atoms with Gasteiger partial charge in [-0.15, -0.1) is 24.1 Å². The van der Waals surface area contributed by atoms with Gasteiger partial charge in [-0.1, -0.05) is 72.1 Å². The summed E-state index contributed by atoms with van der Waals surface area (Å²) in [6, 6.07) is 9.60. The average molecular weight is 649 g/mol. The fourth-order valence-electron chi connectivity index (χ4n) is 8.14. The molecule has 0 radical (unpaired) electrons. The summed E-state index contributed by atoms with van der Waals surface area (Å²) in [5, 5.41) is 0. The van der Waals surface area contributed by atoms with Gasteiger partial charge in [0.25, 0.3) is 5.91 Å². The van der Waals surface area contributed by atoms with E-state index in [4.69, 9.17) is 12.2 Å². The molecule has 2 N–H and O–H groups in total. The summed E-state index contributed by atoms with van der Waals surface area (Å²) in [7, 11) is 0. The number of thioether (sulfide) groups is 1. The summed E-state index contributed by atoms with van der Waals surface area (Å²) in [6.45, 7) is 10.6. The average Bonchev–Trinajstić information content (AvgIpc) is 3.32. The molecule has 1 aromatic rings. The second-order valence-electron chi connectivity index (χ2n) is 15.7. The number of fused-ring (bicyclic) bond motifs is 1. The minimum absolute atomic E-state index is 0.0299. The predicted molar refractivity (Wildman–Crippen MR) is 182 cm³/mol. The molecule has 0 spiro atoms. The summed E-state index contributed by atoms with van der Waals surface area (Å²) in [5.41, 5.74) is 4.60. The number of hydrogen-bond donors (Lipinski definition) is 1. The molecule has 3 aliphatic rings. The van der Waals surface area contributed by atoms with Gasteiger partial charge in [-0.3, -0.25) is 24.0 Å². The molecule has 0 bridgehead atoms. The van der Waals surface area contributed by atoms with Crippen molar-refractivity contribution in [3.05, 3.63) is 30.3 Å². The van der Waals surface area contributed by atoms with Crippen molar-refractivity contribution in [2.75, 3.05) is 12.3 Å². The van der Waals surface area contributed by atoms with Crippen LogP contribution < -0.4 is 5.73 Å². The number of rotatable bonds is 15. The number of ketones is 3. The SMILES string of the molecule is C#CCCC(CC(=O)[C@@H]1[C@@H]2C(CN1C(=O)[C@@H](CC(=O)CC1(CSc3ccccc3)CCCCC1)C(C)(C)C)C2(C)C)C(=O)C(N)=O. The number of Topliss-reactive ketones (excluding diaryl/α,β-unsaturated/α-hetero) is 3. The maximum atomic E-state index is 14.5. The summed E-state index contributed by atoms with van der Waals surface area (Å²) in [4.78, 5) is 69.6. The first-order valence-electron chi connectivity index (χ1n) is 16.9. The van der Waals surface area contributed by atoms with Gasteiger partial charge in [-0.05, 0) is 59.5 Å². The number of nitrogens with two attached hydrogens (primary N) is 1. The van der Waals surface area contributed by atoms with Crippen molar-refractivity contribution in [3.63, 3.8) is 0 Å². The zero-order valence-corrected chi connectivity index (χ0v) is 29.1. The minimum atomic E-state index is -1.08. The Morgan fingerprint density at radius 2 is 1.70 bits per heavy atom. The molecule has 3 fully saturated rings. The standard InChI is InChI=1S/C38H52N2O5S/c1-7-8-15-25(33(43)34(39)44)20-30(42)32-31-29(37(31,5)6)23-40(32)35(45)28(36(2,3)4)21-26(41)22-38(18-13-10-14-19-38)24-46-27-16-11-9-12-17-27/h1,9,11-12,16-17,25,28-29,31-32H,8,10,13-15,18-24H2,2-6H3,(H2,39,44)/t25?,28-,29?,31+,32-/m1/s1. The predicted octanol–water partition coefficient (Wildman–Crippen LogP) is 6.27. The van der Waals surface area contributed by atoms with Gasteiger partial charge < -0.3 is 10.6 Å². The minimum Gasteiger partial charge on any atom is -0.363 e. The van der Waals surface area contributed by atoms with E-state index in [9.17, 15) is 24.0 Å². The monoisotopic (exact) mass is 648 g/mol. The van der Waals surface area contributed by atoms with Crippen LogP contribution in [-0.2, 0) is 24.0 Å². The van der Waals surface area contributed by atoms with Crippen molar-refractivity contribution >= 4 is 40.9 Å². The zero-order chi connectivity index (χ0) is 33.9. The third-order valence-corrected chi connectivity index (χ3v) is 12.4. The van der Waals surface area contributed by atoms with Crippen LogP contribution in [0.15, 0.2) is 35.2 Å². The lowest BCUT2D eigenvalue weighted by Crippen LogP contribution is -2.51. The Bertz CT molecular complexity index is 1350. The number of primary amides is 1. The van der Waals surface area contributed by atoms with Crippen LogP contribution in [0.2, 0.25) is 0 Å². The molecule has 2 aliphatic carbocycles. The molecule has 46 heavy (non-hydrogen) atoms. The van der Waals surface area contributed by atoms with E-state index in [2.05, 4.69) is 31.9 Å². The first-order valence-corrected chi connectivity index (χ1v) is 17.9. The number of nitrogens with zero attached hydrogens (tertiary/aromatic N) is 1. The number of carbonyl (C=O) groups is 5. The second-order valence-corrected chi connectivity index (χ2v) is 16.8. The van der Waals surface area contributed by atoms with E-state index in [0.29, 0.717) is 13.0 Å². The van der Waals surface area contributed by atoms with Gasteiger partial charge in [0.2, 0.25) is 11.7 Å². The molecule has 1 aliphatic heterocycles.